The molecule has 1 aliphatic carbocycles. The summed E-state index contributed by atoms with van der Waals surface area (Å²) in [5.74, 6) is 2.64. The fraction of sp³-hybridized carbons (Fsp3) is 0.625. The van der Waals surface area contributed by atoms with Crippen LogP contribution in [0.25, 0.3) is 0 Å². The molecule has 0 amide bonds. The number of nitrogens with one attached hydrogen (secondary N) is 1. The van der Waals surface area contributed by atoms with Crippen LogP contribution in [0, 0.1) is 11.8 Å². The zero-order valence-electron chi connectivity index (χ0n) is 11.9. The quantitative estimate of drug-likeness (QED) is 0.852. The lowest BCUT2D eigenvalue weighted by atomic mass is 9.89. The molecule has 2 rings (SSSR count). The van der Waals surface area contributed by atoms with Gasteiger partial charge in [0.05, 0.1) is 7.11 Å². The van der Waals surface area contributed by atoms with Gasteiger partial charge < -0.3 is 10.1 Å². The minimum absolute atomic E-state index is 0.794. The van der Waals surface area contributed by atoms with Crippen LogP contribution in [0.5, 0.6) is 5.75 Å². The third-order valence-corrected chi connectivity index (χ3v) is 4.69. The third kappa shape index (κ3) is 3.96. The lowest BCUT2D eigenvalue weighted by molar-refractivity contribution is 0.357. The van der Waals surface area contributed by atoms with E-state index in [-0.39, 0.29) is 0 Å². The monoisotopic (exact) mass is 325 g/mol. The largest absolute Gasteiger partial charge is 0.496 e. The summed E-state index contributed by atoms with van der Waals surface area (Å²) < 4.78 is 6.63. The van der Waals surface area contributed by atoms with Crippen LogP contribution in [0.4, 0.5) is 0 Å². The highest BCUT2D eigenvalue weighted by molar-refractivity contribution is 9.10. The Hall–Kier alpha value is -0.540. The van der Waals surface area contributed by atoms with Crippen molar-refractivity contribution in [2.24, 2.45) is 11.8 Å². The smallest absolute Gasteiger partial charge is 0.122 e. The van der Waals surface area contributed by atoms with Crippen LogP contribution in [-0.2, 0) is 6.42 Å². The zero-order chi connectivity index (χ0) is 13.7. The van der Waals surface area contributed by atoms with Crippen molar-refractivity contribution >= 4 is 15.9 Å². The Bertz CT molecular complexity index is 408. The van der Waals surface area contributed by atoms with E-state index in [0.29, 0.717) is 0 Å². The van der Waals surface area contributed by atoms with Gasteiger partial charge in [-0.3, -0.25) is 0 Å². The van der Waals surface area contributed by atoms with Gasteiger partial charge in [-0.15, -0.1) is 0 Å². The number of benzene rings is 1. The Balaban J connectivity index is 2.05. The molecular formula is C16H24BrNO. The first-order valence-corrected chi connectivity index (χ1v) is 8.07. The van der Waals surface area contributed by atoms with Crippen molar-refractivity contribution in [2.45, 2.75) is 32.6 Å². The number of methoxy groups -OCH3 is 1. The van der Waals surface area contributed by atoms with Gasteiger partial charge in [0.2, 0.25) is 0 Å². The van der Waals surface area contributed by atoms with Gasteiger partial charge in [-0.25, -0.2) is 0 Å². The van der Waals surface area contributed by atoms with Crippen molar-refractivity contribution in [1.82, 2.24) is 5.32 Å². The van der Waals surface area contributed by atoms with Gasteiger partial charge in [-0.05, 0) is 68.0 Å². The van der Waals surface area contributed by atoms with Gasteiger partial charge in [-0.1, -0.05) is 29.3 Å². The Morgan fingerprint density at radius 3 is 2.84 bits per heavy atom. The Kier molecular flexibility index (Phi) is 5.71. The summed E-state index contributed by atoms with van der Waals surface area (Å²) in [7, 11) is 1.76. The van der Waals surface area contributed by atoms with Gasteiger partial charge in [0.15, 0.2) is 0 Å². The van der Waals surface area contributed by atoms with E-state index < -0.39 is 0 Å². The van der Waals surface area contributed by atoms with Crippen molar-refractivity contribution < 1.29 is 4.74 Å². The molecule has 0 heterocycles. The van der Waals surface area contributed by atoms with Gasteiger partial charge in [0.1, 0.15) is 5.75 Å². The van der Waals surface area contributed by atoms with Crippen molar-refractivity contribution in [2.75, 3.05) is 20.2 Å². The molecule has 0 aromatic heterocycles. The molecule has 19 heavy (non-hydrogen) atoms. The molecule has 0 spiro atoms. The third-order valence-electron chi connectivity index (χ3n) is 4.20. The molecular weight excluding hydrogens is 302 g/mol. The van der Waals surface area contributed by atoms with Crippen LogP contribution >= 0.6 is 15.9 Å². The van der Waals surface area contributed by atoms with Crippen LogP contribution in [0.3, 0.4) is 0 Å². The zero-order valence-corrected chi connectivity index (χ0v) is 13.5. The molecule has 1 aromatic rings. The van der Waals surface area contributed by atoms with E-state index in [1.54, 1.807) is 7.11 Å². The normalized spacial score (nSPS) is 22.7. The topological polar surface area (TPSA) is 21.3 Å². The average Bonchev–Trinajstić information content (AvgIpc) is 2.84. The predicted octanol–water partition coefficient (Wildman–Crippen LogP) is 4.03. The van der Waals surface area contributed by atoms with Gasteiger partial charge in [0, 0.05) is 4.47 Å². The molecule has 1 fully saturated rings. The SMILES string of the molecule is CCNCC1CCCC1Cc1cc(Br)ccc1OC. The molecule has 0 radical (unpaired) electrons. The Morgan fingerprint density at radius 2 is 2.11 bits per heavy atom. The fourth-order valence-electron chi connectivity index (χ4n) is 3.17. The summed E-state index contributed by atoms with van der Waals surface area (Å²) in [5.41, 5.74) is 1.34. The van der Waals surface area contributed by atoms with Gasteiger partial charge in [-0.2, -0.15) is 0 Å². The van der Waals surface area contributed by atoms with E-state index in [4.69, 9.17) is 4.74 Å². The standard InChI is InChI=1S/C16H24BrNO/c1-3-18-11-13-6-4-5-12(13)9-14-10-15(17)7-8-16(14)19-2/h7-8,10,12-13,18H,3-6,9,11H2,1-2H3. The number of halogens is 1. The van der Waals surface area contributed by atoms with E-state index in [2.05, 4.69) is 40.3 Å². The first-order chi connectivity index (χ1) is 9.24. The second-order valence-corrected chi connectivity index (χ2v) is 6.33. The molecule has 2 unspecified atom stereocenters. The lowest BCUT2D eigenvalue weighted by Gasteiger charge is -2.21. The summed E-state index contributed by atoms with van der Waals surface area (Å²) in [5, 5.41) is 3.51. The van der Waals surface area contributed by atoms with Crippen molar-refractivity contribution in [1.29, 1.82) is 0 Å². The highest BCUT2D eigenvalue weighted by atomic mass is 79.9. The van der Waals surface area contributed by atoms with Crippen LogP contribution < -0.4 is 10.1 Å². The van der Waals surface area contributed by atoms with Gasteiger partial charge in [0.25, 0.3) is 0 Å². The number of hydrogen-bond acceptors (Lipinski definition) is 2. The molecule has 2 nitrogen and oxygen atoms in total. The molecule has 1 aliphatic rings. The second kappa shape index (κ2) is 7.30. The summed E-state index contributed by atoms with van der Waals surface area (Å²) >= 11 is 3.56. The van der Waals surface area contributed by atoms with E-state index >= 15 is 0 Å². The summed E-state index contributed by atoms with van der Waals surface area (Å²) in [4.78, 5) is 0. The first kappa shape index (κ1) is 14.9. The van der Waals surface area contributed by atoms with E-state index in [0.717, 1.165) is 41.6 Å². The van der Waals surface area contributed by atoms with E-state index in [1.165, 1.54) is 24.8 Å². The first-order valence-electron chi connectivity index (χ1n) is 7.27. The summed E-state index contributed by atoms with van der Waals surface area (Å²) in [6, 6.07) is 6.32. The number of ether oxygens (including phenoxy) is 1. The molecule has 2 atom stereocenters. The molecule has 0 aliphatic heterocycles. The van der Waals surface area contributed by atoms with Crippen molar-refractivity contribution in [3.8, 4) is 5.75 Å². The highest BCUT2D eigenvalue weighted by Crippen LogP contribution is 2.36. The van der Waals surface area contributed by atoms with E-state index in [9.17, 15) is 0 Å². The van der Waals surface area contributed by atoms with Crippen molar-refractivity contribution in [3.63, 3.8) is 0 Å². The van der Waals surface area contributed by atoms with Crippen LogP contribution in [0.1, 0.15) is 31.7 Å². The number of hydrogen-bond donors (Lipinski definition) is 1. The van der Waals surface area contributed by atoms with E-state index in [1.807, 2.05) is 6.07 Å². The lowest BCUT2D eigenvalue weighted by Crippen LogP contribution is -2.26. The summed E-state index contributed by atoms with van der Waals surface area (Å²) in [6.07, 6.45) is 5.23. The molecule has 1 N–H and O–H groups in total. The van der Waals surface area contributed by atoms with Crippen LogP contribution in [0.15, 0.2) is 22.7 Å². The Morgan fingerprint density at radius 1 is 1.32 bits per heavy atom. The average molecular weight is 326 g/mol. The molecule has 3 heteroatoms. The maximum atomic E-state index is 5.49. The predicted molar refractivity (Wildman–Crippen MR) is 83.8 cm³/mol. The van der Waals surface area contributed by atoms with Crippen LogP contribution in [-0.4, -0.2) is 20.2 Å². The molecule has 1 aromatic carbocycles. The highest BCUT2D eigenvalue weighted by Gasteiger charge is 2.27. The molecule has 106 valence electrons. The second-order valence-electron chi connectivity index (χ2n) is 5.42. The maximum absolute atomic E-state index is 5.49. The Labute approximate surface area is 125 Å². The van der Waals surface area contributed by atoms with Crippen molar-refractivity contribution in [3.05, 3.63) is 28.2 Å². The number of rotatable bonds is 6. The molecule has 0 bridgehead atoms. The maximum Gasteiger partial charge on any atom is 0.122 e. The molecule has 0 saturated heterocycles. The summed E-state index contributed by atoms with van der Waals surface area (Å²) in [6.45, 7) is 4.42. The molecule has 1 saturated carbocycles. The van der Waals surface area contributed by atoms with Crippen LogP contribution in [0.2, 0.25) is 0 Å². The minimum Gasteiger partial charge on any atom is -0.496 e. The fourth-order valence-corrected chi connectivity index (χ4v) is 3.58. The minimum atomic E-state index is 0.794. The van der Waals surface area contributed by atoms with Gasteiger partial charge >= 0.3 is 0 Å².